The van der Waals surface area contributed by atoms with Crippen LogP contribution in [0.3, 0.4) is 0 Å². The van der Waals surface area contributed by atoms with Gasteiger partial charge in [-0.1, -0.05) is 0 Å². The SMILES string of the molecule is [2H]c1ncc(-c2cc([C@H]3C[C@@H]3C(F)(F)F)c3nccn3n2)c([2H])n1. The van der Waals surface area contributed by atoms with Crippen molar-refractivity contribution in [2.75, 3.05) is 0 Å². The molecule has 1 saturated carbocycles. The van der Waals surface area contributed by atoms with Crippen LogP contribution in [0, 0.1) is 5.92 Å². The Balaban J connectivity index is 1.84. The zero-order valence-electron chi connectivity index (χ0n) is 13.0. The normalized spacial score (nSPS) is 22.5. The van der Waals surface area contributed by atoms with Crippen molar-refractivity contribution in [2.24, 2.45) is 5.92 Å². The Labute approximate surface area is 125 Å². The molecule has 0 amide bonds. The van der Waals surface area contributed by atoms with Gasteiger partial charge in [-0.25, -0.2) is 19.5 Å². The lowest BCUT2D eigenvalue weighted by molar-refractivity contribution is -0.148. The van der Waals surface area contributed by atoms with E-state index in [0.717, 1.165) is 0 Å². The van der Waals surface area contributed by atoms with Crippen molar-refractivity contribution in [3.05, 3.63) is 42.7 Å². The summed E-state index contributed by atoms with van der Waals surface area (Å²) >= 11 is 0. The molecule has 3 aromatic heterocycles. The highest BCUT2D eigenvalue weighted by molar-refractivity contribution is 5.63. The third-order valence-corrected chi connectivity index (χ3v) is 3.75. The second kappa shape index (κ2) is 4.49. The highest BCUT2D eigenvalue weighted by Crippen LogP contribution is 2.56. The van der Waals surface area contributed by atoms with Gasteiger partial charge >= 0.3 is 6.18 Å². The lowest BCUT2D eigenvalue weighted by atomic mass is 10.1. The van der Waals surface area contributed by atoms with Gasteiger partial charge in [-0.05, 0) is 18.4 Å². The highest BCUT2D eigenvalue weighted by Gasteiger charge is 2.56. The summed E-state index contributed by atoms with van der Waals surface area (Å²) in [5.41, 5.74) is 1.36. The van der Waals surface area contributed by atoms with E-state index in [1.54, 1.807) is 0 Å². The van der Waals surface area contributed by atoms with E-state index in [-0.39, 0.29) is 30.2 Å². The minimum absolute atomic E-state index is 0.0192. The van der Waals surface area contributed by atoms with Crippen molar-refractivity contribution >= 4 is 5.65 Å². The molecular weight excluding hydrogens is 295 g/mol. The van der Waals surface area contributed by atoms with Crippen LogP contribution in [0.25, 0.3) is 16.9 Å². The van der Waals surface area contributed by atoms with Crippen molar-refractivity contribution in [3.8, 4) is 11.3 Å². The van der Waals surface area contributed by atoms with Crippen LogP contribution >= 0.6 is 0 Å². The third kappa shape index (κ3) is 2.11. The molecular formula is C14H10F3N5. The Hall–Kier alpha value is -2.51. The highest BCUT2D eigenvalue weighted by atomic mass is 19.4. The average molecular weight is 307 g/mol. The zero-order valence-corrected chi connectivity index (χ0v) is 11.0. The molecule has 0 radical (unpaired) electrons. The number of fused-ring (bicyclic) bond motifs is 1. The standard InChI is InChI=1S/C14H10F3N5/c15-14(16,17)11-3-9(11)10-4-12(8-5-18-7-19-6-8)21-22-2-1-20-13(10)22/h1-2,4-7,9,11H,3H2/t9-,11+/m1/s1/i5D,7D. The molecule has 112 valence electrons. The first-order chi connectivity index (χ1) is 11.3. The van der Waals surface area contributed by atoms with E-state index in [4.69, 9.17) is 2.74 Å². The Morgan fingerprint density at radius 1 is 1.32 bits per heavy atom. The topological polar surface area (TPSA) is 56.0 Å². The smallest absolute Gasteiger partial charge is 0.244 e. The minimum Gasteiger partial charge on any atom is -0.244 e. The molecule has 8 heteroatoms. The molecule has 0 aliphatic heterocycles. The molecule has 1 aliphatic carbocycles. The van der Waals surface area contributed by atoms with Gasteiger partial charge in [0.1, 0.15) is 7.67 Å². The van der Waals surface area contributed by atoms with E-state index in [1.807, 2.05) is 0 Å². The lowest BCUT2D eigenvalue weighted by Gasteiger charge is -2.08. The number of aromatic nitrogens is 5. The van der Waals surface area contributed by atoms with Gasteiger partial charge in [0.25, 0.3) is 0 Å². The molecule has 0 bridgehead atoms. The van der Waals surface area contributed by atoms with Crippen LogP contribution in [0.4, 0.5) is 13.2 Å². The second-order valence-corrected chi connectivity index (χ2v) is 5.17. The molecule has 2 atom stereocenters. The van der Waals surface area contributed by atoms with E-state index in [2.05, 4.69) is 20.1 Å². The number of hydrogen-bond acceptors (Lipinski definition) is 4. The van der Waals surface area contributed by atoms with Crippen LogP contribution in [0.1, 0.15) is 20.6 Å². The van der Waals surface area contributed by atoms with Gasteiger partial charge in [-0.15, -0.1) is 0 Å². The summed E-state index contributed by atoms with van der Waals surface area (Å²) in [7, 11) is 0. The van der Waals surface area contributed by atoms with E-state index < -0.39 is 18.0 Å². The summed E-state index contributed by atoms with van der Waals surface area (Å²) in [5.74, 6) is -2.04. The monoisotopic (exact) mass is 307 g/mol. The number of rotatable bonds is 2. The quantitative estimate of drug-likeness (QED) is 0.730. The fraction of sp³-hybridized carbons (Fsp3) is 0.286. The zero-order chi connectivity index (χ0) is 17.1. The van der Waals surface area contributed by atoms with Crippen molar-refractivity contribution in [3.63, 3.8) is 0 Å². The number of halogens is 3. The van der Waals surface area contributed by atoms with Gasteiger partial charge < -0.3 is 0 Å². The molecule has 5 nitrogen and oxygen atoms in total. The maximum absolute atomic E-state index is 12.9. The van der Waals surface area contributed by atoms with Gasteiger partial charge in [0.15, 0.2) is 5.65 Å². The van der Waals surface area contributed by atoms with E-state index in [1.165, 1.54) is 29.2 Å². The van der Waals surface area contributed by atoms with E-state index >= 15 is 0 Å². The summed E-state index contributed by atoms with van der Waals surface area (Å²) < 4.78 is 55.3. The van der Waals surface area contributed by atoms with Crippen LogP contribution in [0.15, 0.2) is 37.1 Å². The number of alkyl halides is 3. The van der Waals surface area contributed by atoms with Gasteiger partial charge in [-0.2, -0.15) is 18.3 Å². The fourth-order valence-corrected chi connectivity index (χ4v) is 2.61. The maximum atomic E-state index is 12.9. The minimum atomic E-state index is -4.24. The van der Waals surface area contributed by atoms with Crippen molar-refractivity contribution in [1.29, 1.82) is 0 Å². The number of hydrogen-bond donors (Lipinski definition) is 0. The Kier molecular flexibility index (Phi) is 2.27. The fourth-order valence-electron chi connectivity index (χ4n) is 2.61. The van der Waals surface area contributed by atoms with Gasteiger partial charge in [-0.3, -0.25) is 0 Å². The van der Waals surface area contributed by atoms with Gasteiger partial charge in [0.05, 0.1) is 13.0 Å². The van der Waals surface area contributed by atoms with Crippen LogP contribution in [0.2, 0.25) is 0 Å². The molecule has 0 spiro atoms. The van der Waals surface area contributed by atoms with Gasteiger partial charge in [0, 0.05) is 35.9 Å². The number of imidazole rings is 1. The maximum Gasteiger partial charge on any atom is 0.392 e. The molecule has 4 rings (SSSR count). The molecule has 0 aromatic carbocycles. The van der Waals surface area contributed by atoms with Crippen molar-refractivity contribution in [2.45, 2.75) is 18.5 Å². The van der Waals surface area contributed by atoms with Gasteiger partial charge in [0.2, 0.25) is 0 Å². The first-order valence-corrected chi connectivity index (χ1v) is 6.56. The Morgan fingerprint density at radius 2 is 2.18 bits per heavy atom. The van der Waals surface area contributed by atoms with Crippen molar-refractivity contribution < 1.29 is 15.9 Å². The van der Waals surface area contributed by atoms with Crippen molar-refractivity contribution in [1.82, 2.24) is 24.6 Å². The molecule has 0 N–H and O–H groups in total. The van der Waals surface area contributed by atoms with Crippen LogP contribution < -0.4 is 0 Å². The molecule has 1 fully saturated rings. The summed E-state index contributed by atoms with van der Waals surface area (Å²) in [6.45, 7) is 0. The Morgan fingerprint density at radius 3 is 2.91 bits per heavy atom. The molecule has 3 aromatic rings. The average Bonchev–Trinajstić information content (AvgIpc) is 3.17. The third-order valence-electron chi connectivity index (χ3n) is 3.75. The van der Waals surface area contributed by atoms with E-state index in [0.29, 0.717) is 11.2 Å². The molecule has 0 saturated heterocycles. The van der Waals surface area contributed by atoms with Crippen LogP contribution in [-0.2, 0) is 0 Å². The summed E-state index contributed by atoms with van der Waals surface area (Å²) in [5, 5.41) is 4.27. The van der Waals surface area contributed by atoms with Crippen LogP contribution in [-0.4, -0.2) is 30.7 Å². The lowest BCUT2D eigenvalue weighted by Crippen LogP contribution is -2.12. The number of nitrogens with zero attached hydrogens (tertiary/aromatic N) is 5. The largest absolute Gasteiger partial charge is 0.392 e. The molecule has 0 unspecified atom stereocenters. The van der Waals surface area contributed by atoms with Crippen LogP contribution in [0.5, 0.6) is 0 Å². The molecule has 1 aliphatic rings. The summed E-state index contributed by atoms with van der Waals surface area (Å²) in [6, 6.07) is 1.51. The second-order valence-electron chi connectivity index (χ2n) is 5.17. The first kappa shape index (κ1) is 11.1. The predicted molar refractivity (Wildman–Crippen MR) is 70.9 cm³/mol. The summed E-state index contributed by atoms with van der Waals surface area (Å²) in [6.07, 6.45) is -0.439. The predicted octanol–water partition coefficient (Wildman–Crippen LogP) is 2.85. The first-order valence-electron chi connectivity index (χ1n) is 7.56. The van der Waals surface area contributed by atoms with E-state index in [9.17, 15) is 13.2 Å². The Bertz CT molecular complexity index is 940. The molecule has 22 heavy (non-hydrogen) atoms. The molecule has 3 heterocycles. The summed E-state index contributed by atoms with van der Waals surface area (Å²) in [4.78, 5) is 11.5.